The van der Waals surface area contributed by atoms with Crippen LogP contribution in [-0.4, -0.2) is 17.1 Å². The number of ether oxygens (including phenoxy) is 1. The Morgan fingerprint density at radius 3 is 3.00 bits per heavy atom. The smallest absolute Gasteiger partial charge is 0.142 e. The Morgan fingerprint density at radius 2 is 2.33 bits per heavy atom. The number of rotatable bonds is 3. The van der Waals surface area contributed by atoms with E-state index in [0.717, 1.165) is 11.3 Å². The van der Waals surface area contributed by atoms with E-state index >= 15 is 0 Å². The van der Waals surface area contributed by atoms with Crippen LogP contribution in [0.25, 0.3) is 11.4 Å². The molecule has 0 amide bonds. The molecule has 0 aliphatic rings. The first-order valence-electron chi connectivity index (χ1n) is 5.11. The van der Waals surface area contributed by atoms with Gasteiger partial charge in [0, 0.05) is 5.02 Å². The first kappa shape index (κ1) is 12.9. The quantitative estimate of drug-likeness (QED) is 0.938. The number of imidazole rings is 1. The Hall–Kier alpha value is -1.51. The summed E-state index contributed by atoms with van der Waals surface area (Å²) in [4.78, 5) is 7.40. The lowest BCUT2D eigenvalue weighted by Crippen LogP contribution is -1.89. The molecule has 0 fully saturated rings. The molecule has 0 atom stereocenters. The van der Waals surface area contributed by atoms with Gasteiger partial charge in [-0.15, -0.1) is 0 Å². The van der Waals surface area contributed by atoms with Crippen molar-refractivity contribution in [1.82, 2.24) is 9.97 Å². The van der Waals surface area contributed by atoms with Crippen molar-refractivity contribution in [2.45, 2.75) is 6.42 Å². The van der Waals surface area contributed by atoms with Gasteiger partial charge in [0.05, 0.1) is 30.9 Å². The summed E-state index contributed by atoms with van der Waals surface area (Å²) >= 11 is 9.28. The van der Waals surface area contributed by atoms with Crippen LogP contribution in [0.4, 0.5) is 0 Å². The molecule has 1 heterocycles. The number of methoxy groups -OCH3 is 1. The summed E-state index contributed by atoms with van der Waals surface area (Å²) < 4.78 is 5.89. The van der Waals surface area contributed by atoms with E-state index < -0.39 is 0 Å². The molecular formula is C12H9BrClN3O. The minimum absolute atomic E-state index is 0.260. The van der Waals surface area contributed by atoms with Crippen LogP contribution in [0.15, 0.2) is 22.8 Å². The maximum absolute atomic E-state index is 8.70. The average molecular weight is 327 g/mol. The molecule has 0 bridgehead atoms. The Morgan fingerprint density at radius 1 is 1.56 bits per heavy atom. The van der Waals surface area contributed by atoms with E-state index in [1.165, 1.54) is 0 Å². The van der Waals surface area contributed by atoms with Gasteiger partial charge >= 0.3 is 0 Å². The number of halogens is 2. The predicted molar refractivity (Wildman–Crippen MR) is 72.6 cm³/mol. The third-order valence-corrected chi connectivity index (χ3v) is 3.29. The first-order valence-corrected chi connectivity index (χ1v) is 6.28. The number of benzene rings is 1. The maximum atomic E-state index is 8.70. The predicted octanol–water partition coefficient (Wildman–Crippen LogP) is 3.57. The molecule has 1 N–H and O–H groups in total. The Bertz CT molecular complexity index is 618. The molecular weight excluding hydrogens is 318 g/mol. The Labute approximate surface area is 118 Å². The lowest BCUT2D eigenvalue weighted by molar-refractivity contribution is 0.416. The fourth-order valence-electron chi connectivity index (χ4n) is 1.58. The van der Waals surface area contributed by atoms with E-state index in [9.17, 15) is 0 Å². The molecule has 0 radical (unpaired) electrons. The fourth-order valence-corrected chi connectivity index (χ4v) is 2.17. The monoisotopic (exact) mass is 325 g/mol. The zero-order chi connectivity index (χ0) is 13.1. The summed E-state index contributed by atoms with van der Waals surface area (Å²) in [5, 5.41) is 9.30. The maximum Gasteiger partial charge on any atom is 0.142 e. The summed E-state index contributed by atoms with van der Waals surface area (Å²) in [6.45, 7) is 0. The van der Waals surface area contributed by atoms with Gasteiger partial charge in [-0.1, -0.05) is 11.6 Å². The van der Waals surface area contributed by atoms with Crippen LogP contribution < -0.4 is 4.74 Å². The van der Waals surface area contributed by atoms with Crippen LogP contribution in [0.1, 0.15) is 5.69 Å². The molecule has 0 spiro atoms. The third-order valence-electron chi connectivity index (χ3n) is 2.40. The van der Waals surface area contributed by atoms with Crippen LogP contribution in [0, 0.1) is 11.3 Å². The molecule has 2 rings (SSSR count). The Balaban J connectivity index is 2.51. The standard InChI is InChI=1S/C12H9BrClN3O/c1-18-10-3-2-7(14)6-8(10)12-16-9(4-5-15)11(13)17-12/h2-3,6H,4H2,1H3,(H,16,17). The highest BCUT2D eigenvalue weighted by atomic mass is 79.9. The number of hydrogen-bond donors (Lipinski definition) is 1. The van der Waals surface area contributed by atoms with Gasteiger partial charge in [0.25, 0.3) is 0 Å². The van der Waals surface area contributed by atoms with Crippen LogP contribution in [-0.2, 0) is 6.42 Å². The van der Waals surface area contributed by atoms with Crippen LogP contribution in [0.2, 0.25) is 5.02 Å². The van der Waals surface area contributed by atoms with Gasteiger partial charge in [-0.05, 0) is 34.1 Å². The van der Waals surface area contributed by atoms with Crippen molar-refractivity contribution in [3.8, 4) is 23.2 Å². The normalized spacial score (nSPS) is 10.1. The van der Waals surface area contributed by atoms with Crippen molar-refractivity contribution in [3.05, 3.63) is 33.5 Å². The molecule has 18 heavy (non-hydrogen) atoms. The first-order chi connectivity index (χ1) is 8.65. The lowest BCUT2D eigenvalue weighted by Gasteiger charge is -2.06. The fraction of sp³-hybridized carbons (Fsp3) is 0.167. The molecule has 92 valence electrons. The summed E-state index contributed by atoms with van der Waals surface area (Å²) in [5.41, 5.74) is 1.49. The second-order valence-corrected chi connectivity index (χ2v) is 4.72. The molecule has 2 aromatic rings. The number of hydrogen-bond acceptors (Lipinski definition) is 3. The Kier molecular flexibility index (Phi) is 3.90. The van der Waals surface area contributed by atoms with E-state index in [1.54, 1.807) is 25.3 Å². The average Bonchev–Trinajstić information content (AvgIpc) is 2.71. The van der Waals surface area contributed by atoms with Crippen LogP contribution >= 0.6 is 27.5 Å². The highest BCUT2D eigenvalue weighted by Crippen LogP contribution is 2.32. The molecule has 6 heteroatoms. The summed E-state index contributed by atoms with van der Waals surface area (Å²) in [6, 6.07) is 7.36. The molecule has 1 aromatic carbocycles. The second-order valence-electron chi connectivity index (χ2n) is 3.53. The number of nitrogens with one attached hydrogen (secondary N) is 1. The number of aromatic amines is 1. The second kappa shape index (κ2) is 5.42. The van der Waals surface area contributed by atoms with Gasteiger partial charge in [-0.2, -0.15) is 5.26 Å². The molecule has 0 aliphatic heterocycles. The van der Waals surface area contributed by atoms with E-state index in [0.29, 0.717) is 21.2 Å². The zero-order valence-electron chi connectivity index (χ0n) is 9.50. The SMILES string of the molecule is COc1ccc(Cl)cc1-c1nc(Br)c(CC#N)[nH]1. The summed E-state index contributed by atoms with van der Waals surface area (Å²) in [5.74, 6) is 1.29. The molecule has 0 aliphatic carbocycles. The van der Waals surface area contributed by atoms with Crippen molar-refractivity contribution < 1.29 is 4.74 Å². The number of H-pyrrole nitrogens is 1. The van der Waals surface area contributed by atoms with Crippen LogP contribution in [0.3, 0.4) is 0 Å². The highest BCUT2D eigenvalue weighted by molar-refractivity contribution is 9.10. The summed E-state index contributed by atoms with van der Waals surface area (Å²) in [7, 11) is 1.58. The highest BCUT2D eigenvalue weighted by Gasteiger charge is 2.13. The van der Waals surface area contributed by atoms with E-state index in [2.05, 4.69) is 32.0 Å². The molecule has 1 aromatic heterocycles. The minimum atomic E-state index is 0.260. The lowest BCUT2D eigenvalue weighted by atomic mass is 10.2. The minimum Gasteiger partial charge on any atom is -0.496 e. The largest absolute Gasteiger partial charge is 0.496 e. The van der Waals surface area contributed by atoms with E-state index in [1.807, 2.05) is 0 Å². The van der Waals surface area contributed by atoms with E-state index in [4.69, 9.17) is 21.6 Å². The zero-order valence-corrected chi connectivity index (χ0v) is 11.8. The van der Waals surface area contributed by atoms with Gasteiger partial charge in [-0.3, -0.25) is 0 Å². The van der Waals surface area contributed by atoms with Crippen molar-refractivity contribution in [3.63, 3.8) is 0 Å². The van der Waals surface area contributed by atoms with Gasteiger partial charge in [0.15, 0.2) is 0 Å². The van der Waals surface area contributed by atoms with E-state index in [-0.39, 0.29) is 6.42 Å². The molecule has 4 nitrogen and oxygen atoms in total. The number of aromatic nitrogens is 2. The van der Waals surface area contributed by atoms with Crippen molar-refractivity contribution in [2.75, 3.05) is 7.11 Å². The number of nitrogens with zero attached hydrogens (tertiary/aromatic N) is 2. The molecule has 0 saturated heterocycles. The van der Waals surface area contributed by atoms with Crippen molar-refractivity contribution >= 4 is 27.5 Å². The van der Waals surface area contributed by atoms with Gasteiger partial charge in [0.1, 0.15) is 16.2 Å². The van der Waals surface area contributed by atoms with Crippen molar-refractivity contribution in [1.29, 1.82) is 5.26 Å². The summed E-state index contributed by atoms with van der Waals surface area (Å²) in [6.07, 6.45) is 0.260. The number of nitriles is 1. The van der Waals surface area contributed by atoms with Gasteiger partial charge in [0.2, 0.25) is 0 Å². The van der Waals surface area contributed by atoms with Crippen LogP contribution in [0.5, 0.6) is 5.75 Å². The van der Waals surface area contributed by atoms with Crippen molar-refractivity contribution in [2.24, 2.45) is 0 Å². The molecule has 0 unspecified atom stereocenters. The van der Waals surface area contributed by atoms with Gasteiger partial charge in [-0.25, -0.2) is 4.98 Å². The molecule has 0 saturated carbocycles. The van der Waals surface area contributed by atoms with Gasteiger partial charge < -0.3 is 9.72 Å². The topological polar surface area (TPSA) is 61.7 Å². The third kappa shape index (κ3) is 2.50.